The van der Waals surface area contributed by atoms with Crippen LogP contribution in [0.5, 0.6) is 5.75 Å². The van der Waals surface area contributed by atoms with Crippen molar-refractivity contribution in [3.05, 3.63) is 52.6 Å². The number of hydrogen-bond donors (Lipinski definition) is 2. The van der Waals surface area contributed by atoms with Crippen molar-refractivity contribution in [2.24, 2.45) is 21.5 Å². The maximum absolute atomic E-state index is 11.4. The van der Waals surface area contributed by atoms with Gasteiger partial charge in [0.05, 0.1) is 19.3 Å². The second kappa shape index (κ2) is 9.77. The molecule has 0 saturated heterocycles. The van der Waals surface area contributed by atoms with Gasteiger partial charge in [-0.2, -0.15) is 4.99 Å². The maximum atomic E-state index is 11.4. The van der Waals surface area contributed by atoms with Crippen LogP contribution in [-0.2, 0) is 13.1 Å². The van der Waals surface area contributed by atoms with Crippen LogP contribution in [0.15, 0.2) is 55.7 Å². The molecule has 0 amide bonds. The summed E-state index contributed by atoms with van der Waals surface area (Å²) in [6, 6.07) is 8.64. The van der Waals surface area contributed by atoms with Crippen molar-refractivity contribution in [1.82, 2.24) is 19.9 Å². The number of aliphatic imine (C=N–C) groups is 2. The third-order valence-corrected chi connectivity index (χ3v) is 6.54. The number of aryl methyl sites for hydroxylation is 1. The minimum atomic E-state index is -0.430. The van der Waals surface area contributed by atoms with Gasteiger partial charge in [-0.15, -0.1) is 5.10 Å². The highest BCUT2D eigenvalue weighted by Crippen LogP contribution is 2.37. The molecule has 5 rings (SSSR count). The van der Waals surface area contributed by atoms with Crippen molar-refractivity contribution in [2.45, 2.75) is 63.7 Å². The fraction of sp³-hybridized carbons (Fsp3) is 0.458. The zero-order valence-corrected chi connectivity index (χ0v) is 19.6. The summed E-state index contributed by atoms with van der Waals surface area (Å²) in [5.74, 6) is 1.31. The van der Waals surface area contributed by atoms with Crippen LogP contribution in [0.25, 0.3) is 11.0 Å². The molecule has 3 aromatic rings. The second-order valence-electron chi connectivity index (χ2n) is 9.05. The largest absolute Gasteiger partial charge is 0.493 e. The summed E-state index contributed by atoms with van der Waals surface area (Å²) in [5, 5.41) is 9.47. The fourth-order valence-corrected chi connectivity index (χ4v) is 4.80. The number of aromatic nitrogens is 3. The number of guanidine groups is 2. The van der Waals surface area contributed by atoms with E-state index in [1.807, 2.05) is 27.9 Å². The predicted octanol–water partition coefficient (Wildman–Crippen LogP) is 2.35. The molecule has 11 heteroatoms. The Hall–Kier alpha value is -3.89. The number of fused-ring (bicyclic) bond motifs is 1. The number of unbranched alkanes of at least 4 members (excludes halogenated alkanes) is 1. The van der Waals surface area contributed by atoms with Gasteiger partial charge in [-0.25, -0.2) is 9.79 Å². The summed E-state index contributed by atoms with van der Waals surface area (Å²) in [6.45, 7) is 1.77. The van der Waals surface area contributed by atoms with Gasteiger partial charge in [-0.3, -0.25) is 4.68 Å². The Balaban J connectivity index is 1.12. The Morgan fingerprint density at radius 3 is 2.77 bits per heavy atom. The van der Waals surface area contributed by atoms with E-state index in [0.717, 1.165) is 56.1 Å². The van der Waals surface area contributed by atoms with Gasteiger partial charge < -0.3 is 25.5 Å². The number of hydrogen-bond acceptors (Lipinski definition) is 10. The Labute approximate surface area is 202 Å². The van der Waals surface area contributed by atoms with Gasteiger partial charge in [-0.05, 0) is 56.7 Å². The molecule has 1 aliphatic carbocycles. The summed E-state index contributed by atoms with van der Waals surface area (Å²) in [4.78, 5) is 22.3. The van der Waals surface area contributed by atoms with E-state index in [2.05, 4.69) is 20.3 Å². The Bertz CT molecular complexity index is 1310. The number of nitrogens with two attached hydrogens (primary N) is 2. The average Bonchev–Trinajstić information content (AvgIpc) is 3.29. The first-order valence-electron chi connectivity index (χ1n) is 12.0. The van der Waals surface area contributed by atoms with Crippen molar-refractivity contribution in [3.63, 3.8) is 0 Å². The van der Waals surface area contributed by atoms with Crippen LogP contribution in [0.1, 0.15) is 50.6 Å². The number of rotatable bonds is 8. The molecule has 1 aromatic carbocycles. The third-order valence-electron chi connectivity index (χ3n) is 6.54. The zero-order chi connectivity index (χ0) is 24.3. The number of ether oxygens (including phenoxy) is 1. The SMILES string of the molecule is NC1=NC2(CCCCC2)N(Cc2cn(CCCCOc3ccc4ccc(=O)oc4c3)nn2)C(N)=N1. The summed E-state index contributed by atoms with van der Waals surface area (Å²) in [7, 11) is 0. The van der Waals surface area contributed by atoms with Crippen LogP contribution < -0.4 is 21.8 Å². The lowest BCUT2D eigenvalue weighted by atomic mass is 9.87. The first-order valence-corrected chi connectivity index (χ1v) is 12.0. The normalized spacial score (nSPS) is 17.4. The molecule has 11 nitrogen and oxygen atoms in total. The summed E-state index contributed by atoms with van der Waals surface area (Å²) >= 11 is 0. The smallest absolute Gasteiger partial charge is 0.336 e. The molecule has 0 bridgehead atoms. The topological polar surface area (TPSA) is 150 Å². The number of nitrogens with zero attached hydrogens (tertiary/aromatic N) is 6. The van der Waals surface area contributed by atoms with Crippen molar-refractivity contribution in [1.29, 1.82) is 0 Å². The van der Waals surface area contributed by atoms with Crippen molar-refractivity contribution in [2.75, 3.05) is 6.61 Å². The lowest BCUT2D eigenvalue weighted by molar-refractivity contribution is 0.113. The highest BCUT2D eigenvalue weighted by atomic mass is 16.5. The maximum Gasteiger partial charge on any atom is 0.336 e. The van der Waals surface area contributed by atoms with E-state index in [-0.39, 0.29) is 11.6 Å². The molecule has 35 heavy (non-hydrogen) atoms. The molecule has 184 valence electrons. The van der Waals surface area contributed by atoms with Gasteiger partial charge in [-0.1, -0.05) is 11.6 Å². The molecule has 0 radical (unpaired) electrons. The summed E-state index contributed by atoms with van der Waals surface area (Å²) < 4.78 is 12.9. The quantitative estimate of drug-likeness (QED) is 0.370. The van der Waals surface area contributed by atoms with E-state index >= 15 is 0 Å². The lowest BCUT2D eigenvalue weighted by Crippen LogP contribution is -2.57. The van der Waals surface area contributed by atoms with Gasteiger partial charge in [0.15, 0.2) is 0 Å². The standard InChI is InChI=1S/C24H30N8O3/c25-22-27-23(26)32(24(28-22)10-2-1-3-11-24)16-18-15-31(30-29-18)12-4-5-13-34-19-8-6-17-7-9-21(33)35-20(17)14-19/h6-9,14-15H,1-5,10-13,16H2,(H4,25,26,27,28). The summed E-state index contributed by atoms with van der Waals surface area (Å²) in [6.07, 6.45) is 8.84. The fourth-order valence-electron chi connectivity index (χ4n) is 4.80. The highest BCUT2D eigenvalue weighted by molar-refractivity contribution is 5.95. The molecule has 1 fully saturated rings. The molecule has 3 heterocycles. The molecular formula is C24H30N8O3. The molecule has 0 unspecified atom stereocenters. The number of benzene rings is 1. The minimum absolute atomic E-state index is 0.250. The lowest BCUT2D eigenvalue weighted by Gasteiger charge is -2.45. The molecule has 2 aromatic heterocycles. The van der Waals surface area contributed by atoms with Crippen LogP contribution in [0.2, 0.25) is 0 Å². The van der Waals surface area contributed by atoms with Crippen LogP contribution in [0.4, 0.5) is 0 Å². The monoisotopic (exact) mass is 478 g/mol. The van der Waals surface area contributed by atoms with E-state index in [0.29, 0.717) is 30.4 Å². The van der Waals surface area contributed by atoms with E-state index in [1.165, 1.54) is 12.5 Å². The Kier molecular flexibility index (Phi) is 6.39. The molecule has 4 N–H and O–H groups in total. The van der Waals surface area contributed by atoms with Crippen LogP contribution in [0.3, 0.4) is 0 Å². The molecule has 0 atom stereocenters. The first-order chi connectivity index (χ1) is 17.0. The second-order valence-corrected chi connectivity index (χ2v) is 9.05. The van der Waals surface area contributed by atoms with Gasteiger partial charge in [0.1, 0.15) is 22.7 Å². The van der Waals surface area contributed by atoms with Crippen molar-refractivity contribution in [3.8, 4) is 5.75 Å². The van der Waals surface area contributed by atoms with Gasteiger partial charge >= 0.3 is 5.63 Å². The van der Waals surface area contributed by atoms with E-state index in [1.54, 1.807) is 12.1 Å². The minimum Gasteiger partial charge on any atom is -0.493 e. The molecule has 1 aliphatic heterocycles. The summed E-state index contributed by atoms with van der Waals surface area (Å²) in [5.41, 5.74) is 12.7. The molecule has 2 aliphatic rings. The zero-order valence-electron chi connectivity index (χ0n) is 19.6. The van der Waals surface area contributed by atoms with Crippen molar-refractivity contribution >= 4 is 22.9 Å². The predicted molar refractivity (Wildman–Crippen MR) is 132 cm³/mol. The molecule has 1 spiro atoms. The van der Waals surface area contributed by atoms with E-state index in [4.69, 9.17) is 20.6 Å². The average molecular weight is 479 g/mol. The van der Waals surface area contributed by atoms with Crippen LogP contribution in [0, 0.1) is 0 Å². The van der Waals surface area contributed by atoms with Crippen LogP contribution in [-0.4, -0.2) is 44.1 Å². The van der Waals surface area contributed by atoms with E-state index < -0.39 is 5.66 Å². The first kappa shape index (κ1) is 22.9. The Morgan fingerprint density at radius 2 is 1.91 bits per heavy atom. The van der Waals surface area contributed by atoms with Gasteiger partial charge in [0.2, 0.25) is 11.9 Å². The van der Waals surface area contributed by atoms with Gasteiger partial charge in [0, 0.05) is 24.1 Å². The van der Waals surface area contributed by atoms with E-state index in [9.17, 15) is 4.79 Å². The third kappa shape index (κ3) is 5.13. The van der Waals surface area contributed by atoms with Crippen LogP contribution >= 0.6 is 0 Å². The highest BCUT2D eigenvalue weighted by Gasteiger charge is 2.41. The van der Waals surface area contributed by atoms with Gasteiger partial charge in [0.25, 0.3) is 0 Å². The van der Waals surface area contributed by atoms with Crippen molar-refractivity contribution < 1.29 is 9.15 Å². The molecular weight excluding hydrogens is 448 g/mol. The molecule has 1 saturated carbocycles. The Morgan fingerprint density at radius 1 is 1.09 bits per heavy atom.